The Hall–Kier alpha value is -1.59. The van der Waals surface area contributed by atoms with E-state index in [1.165, 1.54) is 161 Å². The van der Waals surface area contributed by atoms with Crippen LogP contribution in [0.2, 0.25) is 0 Å². The van der Waals surface area contributed by atoms with Gasteiger partial charge in [0, 0.05) is 19.3 Å². The molecule has 0 N–H and O–H groups in total. The van der Waals surface area contributed by atoms with Crippen LogP contribution in [0.25, 0.3) is 0 Å². The predicted octanol–water partition coefficient (Wildman–Crippen LogP) is 15.8. The van der Waals surface area contributed by atoms with E-state index >= 15 is 0 Å². The number of hydrogen-bond acceptors (Lipinski definition) is 6. The Morgan fingerprint density at radius 3 is 0.875 bits per heavy atom. The van der Waals surface area contributed by atoms with Crippen molar-refractivity contribution in [3.8, 4) is 0 Å². The second-order valence-electron chi connectivity index (χ2n) is 18.1. The predicted molar refractivity (Wildman–Crippen MR) is 238 cm³/mol. The third kappa shape index (κ3) is 43.5. The molecular formula is C50H96O6. The average Bonchev–Trinajstić information content (AvgIpc) is 3.16. The highest BCUT2D eigenvalue weighted by molar-refractivity contribution is 5.71. The lowest BCUT2D eigenvalue weighted by Gasteiger charge is -2.18. The van der Waals surface area contributed by atoms with Gasteiger partial charge in [-0.3, -0.25) is 14.4 Å². The van der Waals surface area contributed by atoms with E-state index in [-0.39, 0.29) is 31.1 Å². The Bertz CT molecular complexity index is 854. The Balaban J connectivity index is 4.26. The second kappa shape index (κ2) is 43.0. The molecule has 0 aromatic carbocycles. The van der Waals surface area contributed by atoms with Gasteiger partial charge in [-0.15, -0.1) is 0 Å². The molecule has 0 saturated carbocycles. The maximum absolute atomic E-state index is 12.7. The molecule has 0 unspecified atom stereocenters. The minimum atomic E-state index is -0.761. The third-order valence-corrected chi connectivity index (χ3v) is 11.2. The third-order valence-electron chi connectivity index (χ3n) is 11.2. The number of hydrogen-bond donors (Lipinski definition) is 0. The van der Waals surface area contributed by atoms with E-state index in [9.17, 15) is 14.4 Å². The number of carbonyl (C=O) groups excluding carboxylic acids is 3. The highest BCUT2D eigenvalue weighted by Gasteiger charge is 2.19. The molecule has 0 saturated heterocycles. The zero-order valence-electron chi connectivity index (χ0n) is 38.3. The van der Waals surface area contributed by atoms with Crippen LogP contribution in [0.4, 0.5) is 0 Å². The minimum absolute atomic E-state index is 0.0652. The lowest BCUT2D eigenvalue weighted by Crippen LogP contribution is -2.30. The van der Waals surface area contributed by atoms with E-state index < -0.39 is 6.10 Å². The molecule has 0 aliphatic heterocycles. The van der Waals surface area contributed by atoms with Crippen LogP contribution in [-0.4, -0.2) is 37.2 Å². The number of rotatable bonds is 44. The lowest BCUT2D eigenvalue weighted by molar-refractivity contribution is -0.167. The minimum Gasteiger partial charge on any atom is -0.462 e. The zero-order valence-corrected chi connectivity index (χ0v) is 38.3. The standard InChI is InChI=1S/C50H96O6/c1-6-7-8-9-10-11-12-13-14-15-16-17-21-24-30-35-40-48(51)54-43-47(56-50(53)42-37-32-27-26-29-34-39-46(4)5)44-55-49(52)41-36-31-25-22-19-18-20-23-28-33-38-45(2)3/h45-47H,6-44H2,1-5H3/t47-/m0/s1. The van der Waals surface area contributed by atoms with Crippen LogP contribution in [0.5, 0.6) is 0 Å². The summed E-state index contributed by atoms with van der Waals surface area (Å²) < 4.78 is 16.7. The van der Waals surface area contributed by atoms with Gasteiger partial charge in [0.15, 0.2) is 6.10 Å². The Morgan fingerprint density at radius 1 is 0.339 bits per heavy atom. The molecule has 0 spiro atoms. The summed E-state index contributed by atoms with van der Waals surface area (Å²) in [5, 5.41) is 0. The van der Waals surface area contributed by atoms with Crippen LogP contribution in [-0.2, 0) is 28.6 Å². The molecule has 332 valence electrons. The van der Waals surface area contributed by atoms with Crippen molar-refractivity contribution in [3.63, 3.8) is 0 Å². The Labute approximate surface area is 348 Å². The van der Waals surface area contributed by atoms with Crippen LogP contribution in [0.3, 0.4) is 0 Å². The monoisotopic (exact) mass is 793 g/mol. The van der Waals surface area contributed by atoms with Gasteiger partial charge in [0.05, 0.1) is 0 Å². The fourth-order valence-corrected chi connectivity index (χ4v) is 7.46. The lowest BCUT2D eigenvalue weighted by atomic mass is 10.0. The van der Waals surface area contributed by atoms with E-state index in [1.54, 1.807) is 0 Å². The van der Waals surface area contributed by atoms with E-state index in [2.05, 4.69) is 34.6 Å². The van der Waals surface area contributed by atoms with E-state index in [4.69, 9.17) is 14.2 Å². The van der Waals surface area contributed by atoms with Crippen molar-refractivity contribution in [2.24, 2.45) is 11.8 Å². The first-order chi connectivity index (χ1) is 27.2. The molecule has 0 aliphatic rings. The van der Waals surface area contributed by atoms with Gasteiger partial charge in [0.2, 0.25) is 0 Å². The van der Waals surface area contributed by atoms with E-state index in [0.717, 1.165) is 69.6 Å². The van der Waals surface area contributed by atoms with Crippen LogP contribution in [0.15, 0.2) is 0 Å². The summed E-state index contributed by atoms with van der Waals surface area (Å²) in [6.45, 7) is 11.3. The van der Waals surface area contributed by atoms with E-state index in [1.807, 2.05) is 0 Å². The normalized spacial score (nSPS) is 12.1. The summed E-state index contributed by atoms with van der Waals surface area (Å²) in [6, 6.07) is 0. The molecule has 56 heavy (non-hydrogen) atoms. The molecule has 0 aliphatic carbocycles. The van der Waals surface area contributed by atoms with Crippen molar-refractivity contribution in [2.45, 2.75) is 278 Å². The molecule has 0 aromatic heterocycles. The number of carbonyl (C=O) groups is 3. The molecule has 0 bridgehead atoms. The number of ether oxygens (including phenoxy) is 3. The molecule has 6 heteroatoms. The van der Waals surface area contributed by atoms with Crippen molar-refractivity contribution >= 4 is 17.9 Å². The highest BCUT2D eigenvalue weighted by atomic mass is 16.6. The largest absolute Gasteiger partial charge is 0.462 e. The SMILES string of the molecule is CCCCCCCCCCCCCCCCCCC(=O)OC[C@@H](COC(=O)CCCCCCCCCCCCC(C)C)OC(=O)CCCCCCCCC(C)C. The zero-order chi connectivity index (χ0) is 41.2. The first-order valence-electron chi connectivity index (χ1n) is 24.7. The maximum Gasteiger partial charge on any atom is 0.306 e. The maximum atomic E-state index is 12.7. The summed E-state index contributed by atoms with van der Waals surface area (Å²) in [4.78, 5) is 37.8. The first kappa shape index (κ1) is 54.4. The number of esters is 3. The van der Waals surface area contributed by atoms with Gasteiger partial charge in [-0.05, 0) is 31.1 Å². The molecule has 0 radical (unpaired) electrons. The Kier molecular flexibility index (Phi) is 41.8. The van der Waals surface area contributed by atoms with Crippen LogP contribution in [0.1, 0.15) is 272 Å². The highest BCUT2D eigenvalue weighted by Crippen LogP contribution is 2.17. The van der Waals surface area contributed by atoms with Crippen molar-refractivity contribution in [1.82, 2.24) is 0 Å². The molecule has 1 atom stereocenters. The van der Waals surface area contributed by atoms with Gasteiger partial charge in [0.25, 0.3) is 0 Å². The van der Waals surface area contributed by atoms with Crippen LogP contribution < -0.4 is 0 Å². The molecule has 0 aromatic rings. The molecular weight excluding hydrogens is 697 g/mol. The van der Waals surface area contributed by atoms with Gasteiger partial charge < -0.3 is 14.2 Å². The average molecular weight is 793 g/mol. The topological polar surface area (TPSA) is 78.9 Å². The molecule has 0 rings (SSSR count). The van der Waals surface area contributed by atoms with Gasteiger partial charge in [-0.1, -0.05) is 234 Å². The van der Waals surface area contributed by atoms with Crippen molar-refractivity contribution in [3.05, 3.63) is 0 Å². The summed E-state index contributed by atoms with van der Waals surface area (Å²) in [5.74, 6) is 0.720. The summed E-state index contributed by atoms with van der Waals surface area (Å²) in [5.41, 5.74) is 0. The molecule has 0 amide bonds. The number of unbranched alkanes of at least 4 members (excludes halogenated alkanes) is 29. The fraction of sp³-hybridized carbons (Fsp3) is 0.940. The summed E-state index contributed by atoms with van der Waals surface area (Å²) in [6.07, 6.45) is 42.5. The quantitative estimate of drug-likeness (QED) is 0.0347. The summed E-state index contributed by atoms with van der Waals surface area (Å²) >= 11 is 0. The first-order valence-corrected chi connectivity index (χ1v) is 24.7. The second-order valence-corrected chi connectivity index (χ2v) is 18.1. The fourth-order valence-electron chi connectivity index (χ4n) is 7.46. The molecule has 0 fully saturated rings. The van der Waals surface area contributed by atoms with Crippen molar-refractivity contribution in [2.75, 3.05) is 13.2 Å². The summed E-state index contributed by atoms with van der Waals surface area (Å²) in [7, 11) is 0. The Morgan fingerprint density at radius 2 is 0.589 bits per heavy atom. The van der Waals surface area contributed by atoms with E-state index in [0.29, 0.717) is 19.3 Å². The van der Waals surface area contributed by atoms with Gasteiger partial charge in [-0.25, -0.2) is 0 Å². The van der Waals surface area contributed by atoms with Crippen molar-refractivity contribution in [1.29, 1.82) is 0 Å². The van der Waals surface area contributed by atoms with Crippen LogP contribution >= 0.6 is 0 Å². The van der Waals surface area contributed by atoms with Crippen LogP contribution in [0, 0.1) is 11.8 Å². The van der Waals surface area contributed by atoms with Crippen molar-refractivity contribution < 1.29 is 28.6 Å². The van der Waals surface area contributed by atoms with Gasteiger partial charge in [-0.2, -0.15) is 0 Å². The smallest absolute Gasteiger partial charge is 0.306 e. The molecule has 0 heterocycles. The van der Waals surface area contributed by atoms with Gasteiger partial charge in [0.1, 0.15) is 13.2 Å². The molecule has 6 nitrogen and oxygen atoms in total. The van der Waals surface area contributed by atoms with Gasteiger partial charge >= 0.3 is 17.9 Å².